The molecule has 1 heterocycles. The van der Waals surface area contributed by atoms with Crippen molar-refractivity contribution in [1.29, 1.82) is 0 Å². The van der Waals surface area contributed by atoms with Crippen molar-refractivity contribution < 1.29 is 14.3 Å². The van der Waals surface area contributed by atoms with E-state index in [9.17, 15) is 9.59 Å². The highest BCUT2D eigenvalue weighted by Gasteiger charge is 2.56. The second-order valence-electron chi connectivity index (χ2n) is 6.54. The van der Waals surface area contributed by atoms with Crippen LogP contribution >= 0.6 is 22.6 Å². The molecule has 4 nitrogen and oxygen atoms in total. The Balaban J connectivity index is 2.22. The van der Waals surface area contributed by atoms with Gasteiger partial charge in [-0.15, -0.1) is 0 Å². The summed E-state index contributed by atoms with van der Waals surface area (Å²) in [7, 11) is 0. The first-order valence-corrected chi connectivity index (χ1v) is 7.59. The molecule has 0 N–H and O–H groups in total. The van der Waals surface area contributed by atoms with Gasteiger partial charge in [-0.1, -0.05) is 29.5 Å². The van der Waals surface area contributed by atoms with Crippen LogP contribution in [0.3, 0.4) is 0 Å². The summed E-state index contributed by atoms with van der Waals surface area (Å²) in [5.74, 6) is -0.0547. The van der Waals surface area contributed by atoms with Crippen LogP contribution < -0.4 is 0 Å². The molecule has 0 spiro atoms. The van der Waals surface area contributed by atoms with Crippen LogP contribution in [0.25, 0.3) is 0 Å². The van der Waals surface area contributed by atoms with E-state index in [1.807, 2.05) is 27.7 Å². The molecule has 2 bridgehead atoms. The van der Waals surface area contributed by atoms with E-state index in [1.165, 1.54) is 4.90 Å². The van der Waals surface area contributed by atoms with Crippen molar-refractivity contribution in [2.75, 3.05) is 0 Å². The van der Waals surface area contributed by atoms with Crippen molar-refractivity contribution >= 4 is 34.6 Å². The predicted octanol–water partition coefficient (Wildman–Crippen LogP) is 3.13. The number of carbonyl (C=O) groups is 2. The van der Waals surface area contributed by atoms with Gasteiger partial charge >= 0.3 is 6.09 Å². The number of rotatable bonds is 0. The van der Waals surface area contributed by atoms with Crippen LogP contribution in [0.4, 0.5) is 4.79 Å². The van der Waals surface area contributed by atoms with Crippen LogP contribution in [0, 0.1) is 5.41 Å². The Morgan fingerprint density at radius 2 is 2.11 bits per heavy atom. The monoisotopic (exact) mass is 365 g/mol. The zero-order valence-corrected chi connectivity index (χ0v) is 13.5. The van der Waals surface area contributed by atoms with Crippen molar-refractivity contribution in [3.8, 4) is 0 Å². The van der Waals surface area contributed by atoms with Crippen LogP contribution in [-0.2, 0) is 9.53 Å². The second kappa shape index (κ2) is 4.35. The lowest BCUT2D eigenvalue weighted by molar-refractivity contribution is -0.134. The molecule has 1 saturated heterocycles. The van der Waals surface area contributed by atoms with E-state index >= 15 is 0 Å². The van der Waals surface area contributed by atoms with Crippen molar-refractivity contribution in [2.45, 2.75) is 62.5 Å². The largest absolute Gasteiger partial charge is 0.443 e. The third kappa shape index (κ3) is 2.38. The molecule has 3 atom stereocenters. The van der Waals surface area contributed by atoms with Crippen molar-refractivity contribution in [2.24, 2.45) is 5.41 Å². The summed E-state index contributed by atoms with van der Waals surface area (Å²) in [5.41, 5.74) is -0.918. The minimum Gasteiger partial charge on any atom is -0.443 e. The van der Waals surface area contributed by atoms with Gasteiger partial charge in [0.05, 0.1) is 6.04 Å². The summed E-state index contributed by atoms with van der Waals surface area (Å²) in [4.78, 5) is 26.0. The zero-order chi connectivity index (χ0) is 13.7. The van der Waals surface area contributed by atoms with Gasteiger partial charge in [0.1, 0.15) is 5.60 Å². The highest BCUT2D eigenvalue weighted by Crippen LogP contribution is 2.48. The minimum absolute atomic E-state index is 0.00620. The molecule has 2 amide bonds. The summed E-state index contributed by atoms with van der Waals surface area (Å²) >= 11 is 2.35. The first kappa shape index (κ1) is 14.1. The molecule has 0 aromatic heterocycles. The van der Waals surface area contributed by atoms with E-state index in [0.717, 1.165) is 19.3 Å². The molecule has 18 heavy (non-hydrogen) atoms. The lowest BCUT2D eigenvalue weighted by Crippen LogP contribution is -2.45. The maximum atomic E-state index is 12.4. The van der Waals surface area contributed by atoms with Gasteiger partial charge in [0.15, 0.2) is 0 Å². The van der Waals surface area contributed by atoms with Crippen LogP contribution in [-0.4, -0.2) is 32.5 Å². The Morgan fingerprint density at radius 3 is 2.67 bits per heavy atom. The molecule has 0 unspecified atom stereocenters. The van der Waals surface area contributed by atoms with Gasteiger partial charge < -0.3 is 4.74 Å². The van der Waals surface area contributed by atoms with E-state index in [4.69, 9.17) is 4.74 Å². The van der Waals surface area contributed by atoms with Crippen molar-refractivity contribution in [1.82, 2.24) is 4.90 Å². The maximum Gasteiger partial charge on any atom is 0.417 e. The molecule has 2 fully saturated rings. The molecular formula is C13H20INO3. The summed E-state index contributed by atoms with van der Waals surface area (Å²) < 4.78 is 5.70. The molecule has 0 aromatic carbocycles. The molecule has 2 rings (SSSR count). The number of amides is 2. The molecule has 0 aromatic rings. The smallest absolute Gasteiger partial charge is 0.417 e. The van der Waals surface area contributed by atoms with E-state index in [-0.39, 0.29) is 17.4 Å². The fourth-order valence-electron chi connectivity index (χ4n) is 2.76. The average molecular weight is 365 g/mol. The van der Waals surface area contributed by atoms with Gasteiger partial charge in [-0.3, -0.25) is 4.79 Å². The number of carbonyl (C=O) groups excluding carboxylic acids is 2. The molecule has 1 aliphatic carbocycles. The van der Waals surface area contributed by atoms with E-state index < -0.39 is 11.7 Å². The molecule has 2 aliphatic rings. The second-order valence-corrected chi connectivity index (χ2v) is 8.14. The number of fused-ring (bicyclic) bond motifs is 2. The number of alkyl halides is 1. The Morgan fingerprint density at radius 1 is 1.50 bits per heavy atom. The van der Waals surface area contributed by atoms with E-state index in [2.05, 4.69) is 22.6 Å². The van der Waals surface area contributed by atoms with Gasteiger partial charge in [-0.25, -0.2) is 9.69 Å². The zero-order valence-electron chi connectivity index (χ0n) is 11.3. The molecule has 0 radical (unpaired) electrons. The molecule has 5 heteroatoms. The molecule has 1 saturated carbocycles. The normalized spacial score (nSPS) is 35.8. The summed E-state index contributed by atoms with van der Waals surface area (Å²) in [6, 6.07) is 0.00620. The Bertz CT molecular complexity index is 390. The van der Waals surface area contributed by atoms with Crippen molar-refractivity contribution in [3.63, 3.8) is 0 Å². The van der Waals surface area contributed by atoms with Crippen LogP contribution in [0.15, 0.2) is 0 Å². The van der Waals surface area contributed by atoms with E-state index in [0.29, 0.717) is 3.92 Å². The number of hydrogen-bond acceptors (Lipinski definition) is 3. The van der Waals surface area contributed by atoms with Crippen LogP contribution in [0.1, 0.15) is 47.0 Å². The Kier molecular flexibility index (Phi) is 3.41. The fraction of sp³-hybridized carbons (Fsp3) is 0.846. The molecular weight excluding hydrogens is 345 g/mol. The van der Waals surface area contributed by atoms with Gasteiger partial charge in [0, 0.05) is 9.34 Å². The molecule has 1 aliphatic heterocycles. The SMILES string of the molecule is CC(C)(C)OC(=O)N1C(=O)[C@@]2(C)CC[C@H](I)[C@H]1C2. The number of nitrogens with zero attached hydrogens (tertiary/aromatic N) is 1. The number of halogens is 1. The summed E-state index contributed by atoms with van der Waals surface area (Å²) in [6.45, 7) is 7.43. The molecule has 102 valence electrons. The van der Waals surface area contributed by atoms with Gasteiger partial charge in [0.25, 0.3) is 0 Å². The standard InChI is InChI=1S/C13H20INO3/c1-12(2,3)18-11(17)15-9-7-13(4,10(15)16)6-5-8(9)14/h8-9H,5-7H2,1-4H3/t8-,9+,13-/m0/s1. The fourth-order valence-corrected chi connectivity index (χ4v) is 3.65. The van der Waals surface area contributed by atoms with Gasteiger partial charge in [0.2, 0.25) is 5.91 Å². The average Bonchev–Trinajstić information content (AvgIpc) is 2.42. The minimum atomic E-state index is -0.560. The number of ether oxygens (including phenoxy) is 1. The number of hydrogen-bond donors (Lipinski definition) is 0. The number of likely N-dealkylation sites (tertiary alicyclic amines) is 1. The predicted molar refractivity (Wildman–Crippen MR) is 76.6 cm³/mol. The first-order chi connectivity index (χ1) is 8.14. The van der Waals surface area contributed by atoms with Gasteiger partial charge in [-0.2, -0.15) is 0 Å². The Labute approximate surface area is 122 Å². The van der Waals surface area contributed by atoms with Crippen LogP contribution in [0.5, 0.6) is 0 Å². The highest BCUT2D eigenvalue weighted by atomic mass is 127. The first-order valence-electron chi connectivity index (χ1n) is 6.35. The third-order valence-electron chi connectivity index (χ3n) is 3.71. The lowest BCUT2D eigenvalue weighted by atomic mass is 9.77. The highest BCUT2D eigenvalue weighted by molar-refractivity contribution is 14.1. The van der Waals surface area contributed by atoms with E-state index in [1.54, 1.807) is 0 Å². The summed E-state index contributed by atoms with van der Waals surface area (Å²) in [5, 5.41) is 0. The topological polar surface area (TPSA) is 46.6 Å². The Hall–Kier alpha value is -0.330. The summed E-state index contributed by atoms with van der Waals surface area (Å²) in [6.07, 6.45) is 2.16. The quantitative estimate of drug-likeness (QED) is 0.490. The van der Waals surface area contributed by atoms with Crippen molar-refractivity contribution in [3.05, 3.63) is 0 Å². The maximum absolute atomic E-state index is 12.4. The third-order valence-corrected chi connectivity index (χ3v) is 5.16. The number of imide groups is 1. The lowest BCUT2D eigenvalue weighted by Gasteiger charge is -2.30. The van der Waals surface area contributed by atoms with Gasteiger partial charge in [-0.05, 0) is 40.0 Å². The van der Waals surface area contributed by atoms with Crippen LogP contribution in [0.2, 0.25) is 0 Å².